The van der Waals surface area contributed by atoms with Gasteiger partial charge in [0.15, 0.2) is 5.78 Å². The van der Waals surface area contributed by atoms with Crippen molar-refractivity contribution in [2.24, 2.45) is 5.14 Å². The van der Waals surface area contributed by atoms with Crippen LogP contribution in [-0.2, 0) is 10.2 Å². The molecule has 0 fully saturated rings. The fourth-order valence-corrected chi connectivity index (χ4v) is 4.56. The molecule has 0 bridgehead atoms. The molecule has 9 heteroatoms. The number of rotatable bonds is 13. The number of imidazole rings is 1. The molecule has 4 aromatic rings. The van der Waals surface area contributed by atoms with Crippen molar-refractivity contribution < 1.29 is 13.2 Å². The van der Waals surface area contributed by atoms with Crippen molar-refractivity contribution in [3.63, 3.8) is 0 Å². The Balaban J connectivity index is 1.47. The normalized spacial score (nSPS) is 12.4. The van der Waals surface area contributed by atoms with Crippen LogP contribution in [0.5, 0.6) is 0 Å². The van der Waals surface area contributed by atoms with Crippen LogP contribution in [0.2, 0.25) is 0 Å². The summed E-state index contributed by atoms with van der Waals surface area (Å²) in [5.41, 5.74) is 4.70. The Morgan fingerprint density at radius 2 is 1.57 bits per heavy atom. The summed E-state index contributed by atoms with van der Waals surface area (Å²) in [6.45, 7) is 0.428. The first kappa shape index (κ1) is 26.4. The zero-order valence-corrected chi connectivity index (χ0v) is 21.2. The number of benzene rings is 3. The van der Waals surface area contributed by atoms with Gasteiger partial charge in [0.2, 0.25) is 0 Å². The average molecular weight is 518 g/mol. The molecule has 0 saturated heterocycles. The van der Waals surface area contributed by atoms with Crippen LogP contribution in [0.4, 0.5) is 0 Å². The maximum Gasteiger partial charge on any atom is 0.274 e. The Hall–Kier alpha value is -3.63. The predicted molar refractivity (Wildman–Crippen MR) is 146 cm³/mol. The van der Waals surface area contributed by atoms with E-state index in [-0.39, 0.29) is 24.9 Å². The van der Waals surface area contributed by atoms with E-state index in [0.29, 0.717) is 18.4 Å². The number of aromatic nitrogens is 2. The third kappa shape index (κ3) is 7.93. The monoisotopic (exact) mass is 517 g/mol. The van der Waals surface area contributed by atoms with E-state index < -0.39 is 10.2 Å². The number of hydrogen-bond acceptors (Lipinski definition) is 5. The number of carbonyl (C=O) groups is 1. The molecule has 1 heterocycles. The van der Waals surface area contributed by atoms with Crippen LogP contribution in [0.3, 0.4) is 0 Å². The fraction of sp³-hybridized carbons (Fsp3) is 0.214. The van der Waals surface area contributed by atoms with Gasteiger partial charge < -0.3 is 10.3 Å². The molecule has 4 rings (SSSR count). The highest BCUT2D eigenvalue weighted by Gasteiger charge is 2.17. The summed E-state index contributed by atoms with van der Waals surface area (Å²) in [5, 5.41) is 8.37. The number of carbonyl (C=O) groups excluding carboxylic acids is 1. The first-order chi connectivity index (χ1) is 17.9. The number of nitrogens with two attached hydrogens (primary N) is 1. The van der Waals surface area contributed by atoms with Crippen molar-refractivity contribution in [1.82, 2.24) is 20.0 Å². The first-order valence-corrected chi connectivity index (χ1v) is 13.7. The molecule has 0 radical (unpaired) electrons. The number of ketones is 1. The van der Waals surface area contributed by atoms with E-state index in [1.165, 1.54) is 0 Å². The van der Waals surface area contributed by atoms with Crippen LogP contribution >= 0.6 is 0 Å². The van der Waals surface area contributed by atoms with Gasteiger partial charge >= 0.3 is 0 Å². The van der Waals surface area contributed by atoms with Gasteiger partial charge in [-0.05, 0) is 30.0 Å². The summed E-state index contributed by atoms with van der Waals surface area (Å²) in [6.07, 6.45) is 3.80. The molecule has 0 saturated carbocycles. The highest BCUT2D eigenvalue weighted by molar-refractivity contribution is 7.87. The lowest BCUT2D eigenvalue weighted by molar-refractivity contribution is 0.0986. The van der Waals surface area contributed by atoms with Crippen LogP contribution in [0.25, 0.3) is 22.5 Å². The molecular weight excluding hydrogens is 486 g/mol. The van der Waals surface area contributed by atoms with Gasteiger partial charge in [0, 0.05) is 23.7 Å². The third-order valence-electron chi connectivity index (χ3n) is 6.04. The largest absolute Gasteiger partial charge is 0.341 e. The van der Waals surface area contributed by atoms with Crippen molar-refractivity contribution in [2.45, 2.75) is 25.3 Å². The molecule has 37 heavy (non-hydrogen) atoms. The molecule has 0 aliphatic rings. The second kappa shape index (κ2) is 12.6. The van der Waals surface area contributed by atoms with Crippen LogP contribution in [0, 0.1) is 0 Å². The average Bonchev–Trinajstić information content (AvgIpc) is 3.41. The van der Waals surface area contributed by atoms with Crippen molar-refractivity contribution in [2.75, 3.05) is 13.1 Å². The molecule has 192 valence electrons. The van der Waals surface area contributed by atoms with Crippen molar-refractivity contribution in [3.05, 3.63) is 102 Å². The molecule has 1 unspecified atom stereocenters. The minimum atomic E-state index is -3.71. The number of aromatic amines is 1. The summed E-state index contributed by atoms with van der Waals surface area (Å²) in [6, 6.07) is 27.3. The minimum absolute atomic E-state index is 0.00297. The molecule has 0 spiro atoms. The zero-order valence-electron chi connectivity index (χ0n) is 20.4. The fourth-order valence-electron chi connectivity index (χ4n) is 4.13. The smallest absolute Gasteiger partial charge is 0.274 e. The summed E-state index contributed by atoms with van der Waals surface area (Å²) < 4.78 is 24.5. The first-order valence-electron chi connectivity index (χ1n) is 12.2. The second-order valence-corrected chi connectivity index (χ2v) is 10.2. The standard InChI is InChI=1S/C28H31N5O3S/c29-37(35,36)32-17-8-7-16-25(30-20-27(34)22-12-5-2-6-13-22)26-19-31-28(33-26)24-15-9-14-23(18-24)21-10-3-1-4-11-21/h1-6,9-15,18-19,25,30,32H,7-8,16-17,20H2,(H,31,33)(H2,29,35,36). The molecule has 0 amide bonds. The van der Waals surface area contributed by atoms with Crippen LogP contribution in [0.15, 0.2) is 91.1 Å². The van der Waals surface area contributed by atoms with Gasteiger partial charge in [0.05, 0.1) is 18.4 Å². The van der Waals surface area contributed by atoms with E-state index in [0.717, 1.165) is 34.6 Å². The van der Waals surface area contributed by atoms with E-state index in [2.05, 4.69) is 44.3 Å². The van der Waals surface area contributed by atoms with Gasteiger partial charge in [0.1, 0.15) is 5.82 Å². The van der Waals surface area contributed by atoms with E-state index in [9.17, 15) is 13.2 Å². The summed E-state index contributed by atoms with van der Waals surface area (Å²) in [5.74, 6) is 0.738. The van der Waals surface area contributed by atoms with Gasteiger partial charge in [-0.25, -0.2) is 14.8 Å². The van der Waals surface area contributed by atoms with Gasteiger partial charge in [0.25, 0.3) is 10.2 Å². The van der Waals surface area contributed by atoms with Crippen LogP contribution in [0.1, 0.15) is 41.4 Å². The molecule has 1 atom stereocenters. The Kier molecular flexibility index (Phi) is 8.97. The molecule has 1 aromatic heterocycles. The number of hydrogen-bond donors (Lipinski definition) is 4. The highest BCUT2D eigenvalue weighted by atomic mass is 32.2. The summed E-state index contributed by atoms with van der Waals surface area (Å²) >= 11 is 0. The Labute approximate surface area is 217 Å². The molecule has 0 aliphatic heterocycles. The molecule has 0 aliphatic carbocycles. The Bertz CT molecular complexity index is 1410. The van der Waals surface area contributed by atoms with Gasteiger partial charge in [-0.3, -0.25) is 4.79 Å². The van der Waals surface area contributed by atoms with Crippen LogP contribution < -0.4 is 15.2 Å². The lowest BCUT2D eigenvalue weighted by Crippen LogP contribution is -2.31. The van der Waals surface area contributed by atoms with E-state index in [1.807, 2.05) is 48.5 Å². The van der Waals surface area contributed by atoms with Crippen molar-refractivity contribution in [1.29, 1.82) is 0 Å². The van der Waals surface area contributed by atoms with Gasteiger partial charge in [-0.1, -0.05) is 85.3 Å². The number of nitrogens with one attached hydrogen (secondary N) is 3. The molecular formula is C28H31N5O3S. The molecule has 3 aromatic carbocycles. The topological polar surface area (TPSA) is 130 Å². The maximum atomic E-state index is 12.7. The van der Waals surface area contributed by atoms with Gasteiger partial charge in [-0.2, -0.15) is 8.42 Å². The third-order valence-corrected chi connectivity index (χ3v) is 6.65. The Morgan fingerprint density at radius 3 is 2.30 bits per heavy atom. The predicted octanol–water partition coefficient (Wildman–Crippen LogP) is 4.22. The quantitative estimate of drug-likeness (QED) is 0.156. The molecule has 5 N–H and O–H groups in total. The summed E-state index contributed by atoms with van der Waals surface area (Å²) in [4.78, 5) is 20.7. The number of Topliss-reactive ketones (excluding diaryl/α,β-unsaturated/α-hetero) is 1. The SMILES string of the molecule is NS(=O)(=O)NCCCCC(NCC(=O)c1ccccc1)c1cnc(-c2cccc(-c3ccccc3)c2)[nH]1. The van der Waals surface area contributed by atoms with Gasteiger partial charge in [-0.15, -0.1) is 0 Å². The number of nitrogens with zero attached hydrogens (tertiary/aromatic N) is 1. The molecule has 8 nitrogen and oxygen atoms in total. The maximum absolute atomic E-state index is 12.7. The highest BCUT2D eigenvalue weighted by Crippen LogP contribution is 2.26. The van der Waals surface area contributed by atoms with Crippen molar-refractivity contribution in [3.8, 4) is 22.5 Å². The zero-order chi connectivity index (χ0) is 26.1. The Morgan fingerprint density at radius 1 is 0.892 bits per heavy atom. The van der Waals surface area contributed by atoms with E-state index in [4.69, 9.17) is 5.14 Å². The van der Waals surface area contributed by atoms with Crippen LogP contribution in [-0.4, -0.2) is 37.3 Å². The lowest BCUT2D eigenvalue weighted by atomic mass is 10.0. The minimum Gasteiger partial charge on any atom is -0.341 e. The van der Waals surface area contributed by atoms with E-state index in [1.54, 1.807) is 18.3 Å². The lowest BCUT2D eigenvalue weighted by Gasteiger charge is -2.17. The number of H-pyrrole nitrogens is 1. The summed E-state index contributed by atoms with van der Waals surface area (Å²) in [7, 11) is -3.71. The van der Waals surface area contributed by atoms with Crippen molar-refractivity contribution >= 4 is 16.0 Å². The van der Waals surface area contributed by atoms with E-state index >= 15 is 0 Å². The second-order valence-electron chi connectivity index (χ2n) is 8.79. The number of unbranched alkanes of at least 4 members (excludes halogenated alkanes) is 1.